The normalized spacial score (nSPS) is 12.0. The molecule has 1 N–H and O–H groups in total. The van der Waals surface area contributed by atoms with E-state index in [0.29, 0.717) is 24.0 Å². The fourth-order valence-corrected chi connectivity index (χ4v) is 2.52. The molecule has 0 fully saturated rings. The summed E-state index contributed by atoms with van der Waals surface area (Å²) in [6.07, 6.45) is 1.02. The zero-order valence-electron chi connectivity index (χ0n) is 14.3. The van der Waals surface area contributed by atoms with Gasteiger partial charge < -0.3 is 14.8 Å². The second kappa shape index (κ2) is 9.14. The molecule has 9 heteroatoms. The fraction of sp³-hybridized carbons (Fsp3) is 0.600. The van der Waals surface area contributed by atoms with Crippen molar-refractivity contribution in [2.45, 2.75) is 39.3 Å². The minimum Gasteiger partial charge on any atom is -0.383 e. The number of rotatable bonds is 10. The lowest BCUT2D eigenvalue weighted by Gasteiger charge is -2.19. The first kappa shape index (κ1) is 19.8. The van der Waals surface area contributed by atoms with Crippen LogP contribution in [0, 0.1) is 20.2 Å². The van der Waals surface area contributed by atoms with E-state index in [9.17, 15) is 20.2 Å². The maximum Gasteiger partial charge on any atom is 0.305 e. The molecule has 0 bridgehead atoms. The minimum atomic E-state index is -0.607. The predicted molar refractivity (Wildman–Crippen MR) is 89.4 cm³/mol. The van der Waals surface area contributed by atoms with Gasteiger partial charge in [0, 0.05) is 26.3 Å². The number of aryl methyl sites for hydroxylation is 1. The molecule has 0 saturated carbocycles. The van der Waals surface area contributed by atoms with Gasteiger partial charge in [-0.1, -0.05) is 13.8 Å². The van der Waals surface area contributed by atoms with Gasteiger partial charge in [-0.2, -0.15) is 0 Å². The van der Waals surface area contributed by atoms with E-state index in [1.807, 2.05) is 6.92 Å². The number of nitro benzene ring substituents is 2. The van der Waals surface area contributed by atoms with Crippen molar-refractivity contribution >= 4 is 17.1 Å². The molecule has 0 amide bonds. The van der Waals surface area contributed by atoms with Gasteiger partial charge in [0.25, 0.3) is 5.69 Å². The molecule has 1 atom stereocenters. The third kappa shape index (κ3) is 4.39. The number of anilines is 1. The Balaban J connectivity index is 3.63. The summed E-state index contributed by atoms with van der Waals surface area (Å²) >= 11 is 0. The molecule has 0 radical (unpaired) electrons. The van der Waals surface area contributed by atoms with Crippen molar-refractivity contribution in [3.63, 3.8) is 0 Å². The van der Waals surface area contributed by atoms with Crippen LogP contribution in [0.3, 0.4) is 0 Å². The van der Waals surface area contributed by atoms with Crippen molar-refractivity contribution in [1.82, 2.24) is 0 Å². The average molecular weight is 341 g/mol. The molecule has 0 aromatic heterocycles. The Labute approximate surface area is 140 Å². The molecule has 24 heavy (non-hydrogen) atoms. The maximum absolute atomic E-state index is 11.6. The smallest absolute Gasteiger partial charge is 0.305 e. The standard InChI is InChI=1S/C15H23N3O6/c1-5-10-7-13(17(19)20)14(16-11(6-2)8-23-3)15(18(21)22)12(10)9-24-4/h7,11,16H,5-6,8-9H2,1-4H3. The highest BCUT2D eigenvalue weighted by molar-refractivity contribution is 5.78. The van der Waals surface area contributed by atoms with Crippen LogP contribution in [0.25, 0.3) is 0 Å². The van der Waals surface area contributed by atoms with Crippen molar-refractivity contribution in [2.24, 2.45) is 0 Å². The largest absolute Gasteiger partial charge is 0.383 e. The van der Waals surface area contributed by atoms with Gasteiger partial charge in [-0.05, 0) is 18.4 Å². The molecule has 9 nitrogen and oxygen atoms in total. The van der Waals surface area contributed by atoms with E-state index < -0.39 is 9.85 Å². The van der Waals surface area contributed by atoms with Gasteiger partial charge >= 0.3 is 5.69 Å². The minimum absolute atomic E-state index is 0.00717. The molecule has 0 saturated heterocycles. The summed E-state index contributed by atoms with van der Waals surface area (Å²) < 4.78 is 10.1. The van der Waals surface area contributed by atoms with Crippen LogP contribution in [0.2, 0.25) is 0 Å². The molecule has 134 valence electrons. The van der Waals surface area contributed by atoms with E-state index in [2.05, 4.69) is 5.32 Å². The Morgan fingerprint density at radius 3 is 2.25 bits per heavy atom. The van der Waals surface area contributed by atoms with Gasteiger partial charge in [-0.3, -0.25) is 20.2 Å². The predicted octanol–water partition coefficient (Wildman–Crippen LogP) is 3.05. The zero-order valence-corrected chi connectivity index (χ0v) is 14.3. The van der Waals surface area contributed by atoms with E-state index in [1.54, 1.807) is 6.92 Å². The number of nitrogens with one attached hydrogen (secondary N) is 1. The van der Waals surface area contributed by atoms with Crippen LogP contribution in [-0.4, -0.2) is 36.7 Å². The van der Waals surface area contributed by atoms with Crippen molar-refractivity contribution in [3.8, 4) is 0 Å². The van der Waals surface area contributed by atoms with Gasteiger partial charge in [0.05, 0.1) is 28.6 Å². The third-order valence-electron chi connectivity index (χ3n) is 3.74. The Morgan fingerprint density at radius 1 is 1.17 bits per heavy atom. The van der Waals surface area contributed by atoms with Crippen LogP contribution in [0.5, 0.6) is 0 Å². The molecular weight excluding hydrogens is 318 g/mol. The summed E-state index contributed by atoms with van der Waals surface area (Å²) in [5.74, 6) is 0. The lowest BCUT2D eigenvalue weighted by Crippen LogP contribution is -2.25. The number of hydrogen-bond donors (Lipinski definition) is 1. The molecule has 0 spiro atoms. The van der Waals surface area contributed by atoms with Gasteiger partial charge in [-0.25, -0.2) is 0 Å². The fourth-order valence-electron chi connectivity index (χ4n) is 2.52. The number of nitro groups is 2. The second-order valence-electron chi connectivity index (χ2n) is 5.26. The summed E-state index contributed by atoms with van der Waals surface area (Å²) in [5.41, 5.74) is 0.162. The summed E-state index contributed by atoms with van der Waals surface area (Å²) in [6, 6.07) is 1.10. The SMILES string of the molecule is CCc1cc([N+](=O)[O-])c(NC(CC)COC)c([N+](=O)[O-])c1COC. The van der Waals surface area contributed by atoms with Crippen LogP contribution >= 0.6 is 0 Å². The molecule has 0 heterocycles. The molecule has 1 aromatic carbocycles. The molecule has 0 aliphatic rings. The lowest BCUT2D eigenvalue weighted by molar-refractivity contribution is -0.393. The summed E-state index contributed by atoms with van der Waals surface area (Å²) in [7, 11) is 2.93. The zero-order chi connectivity index (χ0) is 18.3. The Hall–Kier alpha value is -2.26. The van der Waals surface area contributed by atoms with E-state index in [-0.39, 0.29) is 36.3 Å². The van der Waals surface area contributed by atoms with E-state index in [1.165, 1.54) is 20.3 Å². The number of ether oxygens (including phenoxy) is 2. The van der Waals surface area contributed by atoms with Gasteiger partial charge in [0.2, 0.25) is 0 Å². The van der Waals surface area contributed by atoms with Crippen molar-refractivity contribution in [3.05, 3.63) is 37.4 Å². The first-order valence-corrected chi connectivity index (χ1v) is 7.63. The van der Waals surface area contributed by atoms with Crippen LogP contribution in [0.1, 0.15) is 31.4 Å². The van der Waals surface area contributed by atoms with Gasteiger partial charge in [-0.15, -0.1) is 0 Å². The number of hydrogen-bond acceptors (Lipinski definition) is 7. The molecule has 1 rings (SSSR count). The van der Waals surface area contributed by atoms with Crippen molar-refractivity contribution < 1.29 is 19.3 Å². The summed E-state index contributed by atoms with van der Waals surface area (Å²) in [6.45, 7) is 3.94. The molecule has 1 unspecified atom stereocenters. The quantitative estimate of drug-likeness (QED) is 0.513. The summed E-state index contributed by atoms with van der Waals surface area (Å²) in [5, 5.41) is 26.0. The van der Waals surface area contributed by atoms with E-state index in [0.717, 1.165) is 0 Å². The van der Waals surface area contributed by atoms with Crippen LogP contribution in [-0.2, 0) is 22.5 Å². The maximum atomic E-state index is 11.6. The van der Waals surface area contributed by atoms with Crippen LogP contribution in [0.4, 0.5) is 17.1 Å². The second-order valence-corrected chi connectivity index (χ2v) is 5.26. The number of methoxy groups -OCH3 is 2. The summed E-state index contributed by atoms with van der Waals surface area (Å²) in [4.78, 5) is 21.9. The molecule has 1 aromatic rings. The van der Waals surface area contributed by atoms with Crippen LogP contribution < -0.4 is 5.32 Å². The van der Waals surface area contributed by atoms with Gasteiger partial charge in [0.15, 0.2) is 5.69 Å². The van der Waals surface area contributed by atoms with Crippen molar-refractivity contribution in [2.75, 3.05) is 26.1 Å². The first-order valence-electron chi connectivity index (χ1n) is 7.63. The highest BCUT2D eigenvalue weighted by Gasteiger charge is 2.32. The Morgan fingerprint density at radius 2 is 1.83 bits per heavy atom. The molecular formula is C15H23N3O6. The van der Waals surface area contributed by atoms with Crippen molar-refractivity contribution in [1.29, 1.82) is 0 Å². The van der Waals surface area contributed by atoms with E-state index in [4.69, 9.17) is 9.47 Å². The highest BCUT2D eigenvalue weighted by Crippen LogP contribution is 2.40. The lowest BCUT2D eigenvalue weighted by atomic mass is 10.00. The van der Waals surface area contributed by atoms with Gasteiger partial charge in [0.1, 0.15) is 0 Å². The van der Waals surface area contributed by atoms with Crippen LogP contribution in [0.15, 0.2) is 6.07 Å². The Kier molecular flexibility index (Phi) is 7.53. The number of benzene rings is 1. The van der Waals surface area contributed by atoms with E-state index >= 15 is 0 Å². The molecule has 0 aliphatic heterocycles. The first-order chi connectivity index (χ1) is 11.4. The Bertz CT molecular complexity index is 605. The topological polar surface area (TPSA) is 117 Å². The monoisotopic (exact) mass is 341 g/mol. The average Bonchev–Trinajstić information content (AvgIpc) is 2.54. The third-order valence-corrected chi connectivity index (χ3v) is 3.74. The number of nitrogens with zero attached hydrogens (tertiary/aromatic N) is 2. The highest BCUT2D eigenvalue weighted by atomic mass is 16.6. The molecule has 0 aliphatic carbocycles.